The van der Waals surface area contributed by atoms with E-state index in [1.807, 2.05) is 6.92 Å². The number of nitrogens with one attached hydrogen (secondary N) is 1. The molecule has 1 aromatic carbocycles. The smallest absolute Gasteiger partial charge is 0.314 e. The maximum absolute atomic E-state index is 11.8. The van der Waals surface area contributed by atoms with E-state index in [4.69, 9.17) is 21.7 Å². The third-order valence-corrected chi connectivity index (χ3v) is 4.49. The molecule has 0 aromatic heterocycles. The minimum Gasteiger partial charge on any atom is -0.490 e. The van der Waals surface area contributed by atoms with Crippen LogP contribution in [0, 0.1) is 5.92 Å². The van der Waals surface area contributed by atoms with Crippen LogP contribution in [0.1, 0.15) is 25.3 Å². The van der Waals surface area contributed by atoms with Gasteiger partial charge in [0, 0.05) is 0 Å². The minimum absolute atomic E-state index is 0.0193. The molecule has 23 heavy (non-hydrogen) atoms. The van der Waals surface area contributed by atoms with Crippen LogP contribution in [0.5, 0.6) is 11.5 Å². The van der Waals surface area contributed by atoms with Crippen LogP contribution in [-0.4, -0.2) is 22.8 Å². The highest BCUT2D eigenvalue weighted by molar-refractivity contribution is 8.26. The number of benzene rings is 1. The molecule has 1 aromatic rings. The van der Waals surface area contributed by atoms with E-state index < -0.39 is 0 Å². The summed E-state index contributed by atoms with van der Waals surface area (Å²) in [6.45, 7) is 2.31. The molecule has 2 aliphatic rings. The van der Waals surface area contributed by atoms with Crippen LogP contribution in [0.15, 0.2) is 23.1 Å². The zero-order chi connectivity index (χ0) is 16.4. The molecule has 0 unspecified atom stereocenters. The van der Waals surface area contributed by atoms with Crippen LogP contribution < -0.4 is 14.8 Å². The van der Waals surface area contributed by atoms with Gasteiger partial charge < -0.3 is 14.8 Å². The Bertz CT molecular complexity index is 710. The number of ether oxygens (including phenoxy) is 2. The lowest BCUT2D eigenvalue weighted by molar-refractivity contribution is -0.135. The van der Waals surface area contributed by atoms with Gasteiger partial charge in [0.25, 0.3) is 5.91 Å². The standard InChI is InChI=1S/C16H15NO4S2/c1-2-20-12-7-9(8-13-14(18)17-16(22)23-13)3-6-11(12)21-15(19)10-4-5-10/h3,6-8,10H,2,4-5H2,1H3,(H,17,18,22). The first-order chi connectivity index (χ1) is 11.1. The van der Waals surface area contributed by atoms with Crippen LogP contribution in [-0.2, 0) is 9.59 Å². The van der Waals surface area contributed by atoms with E-state index in [1.165, 1.54) is 11.8 Å². The van der Waals surface area contributed by atoms with Gasteiger partial charge in [-0.15, -0.1) is 0 Å². The number of thiocarbonyl (C=S) groups is 1. The lowest BCUT2D eigenvalue weighted by Crippen LogP contribution is -2.17. The van der Waals surface area contributed by atoms with Gasteiger partial charge in [0.1, 0.15) is 4.32 Å². The van der Waals surface area contributed by atoms with E-state index in [2.05, 4.69) is 5.32 Å². The first kappa shape index (κ1) is 16.0. The Morgan fingerprint density at radius 3 is 2.83 bits per heavy atom. The highest BCUT2D eigenvalue weighted by atomic mass is 32.2. The van der Waals surface area contributed by atoms with Gasteiger partial charge in [0.15, 0.2) is 11.5 Å². The van der Waals surface area contributed by atoms with Gasteiger partial charge in [0.05, 0.1) is 17.4 Å². The van der Waals surface area contributed by atoms with Gasteiger partial charge >= 0.3 is 5.97 Å². The molecule has 1 saturated heterocycles. The van der Waals surface area contributed by atoms with Crippen molar-refractivity contribution in [1.82, 2.24) is 5.32 Å². The predicted molar refractivity (Wildman–Crippen MR) is 92.3 cm³/mol. The maximum Gasteiger partial charge on any atom is 0.314 e. The van der Waals surface area contributed by atoms with Crippen molar-refractivity contribution in [3.8, 4) is 11.5 Å². The highest BCUT2D eigenvalue weighted by Crippen LogP contribution is 2.35. The van der Waals surface area contributed by atoms with Crippen molar-refractivity contribution in [3.63, 3.8) is 0 Å². The molecule has 1 heterocycles. The molecular weight excluding hydrogens is 334 g/mol. The number of esters is 1. The summed E-state index contributed by atoms with van der Waals surface area (Å²) in [4.78, 5) is 24.0. The molecule has 2 fully saturated rings. The second kappa shape index (κ2) is 6.72. The van der Waals surface area contributed by atoms with E-state index in [0.29, 0.717) is 27.3 Å². The van der Waals surface area contributed by atoms with Crippen molar-refractivity contribution in [1.29, 1.82) is 0 Å². The topological polar surface area (TPSA) is 64.6 Å². The summed E-state index contributed by atoms with van der Waals surface area (Å²) in [5.74, 6) is 0.493. The average Bonchev–Trinajstić information content (AvgIpc) is 3.29. The molecule has 1 aliphatic carbocycles. The van der Waals surface area contributed by atoms with Crippen LogP contribution >= 0.6 is 24.0 Å². The second-order valence-electron chi connectivity index (χ2n) is 5.19. The van der Waals surface area contributed by atoms with Gasteiger partial charge in [-0.25, -0.2) is 0 Å². The molecule has 0 bridgehead atoms. The van der Waals surface area contributed by atoms with Crippen LogP contribution in [0.2, 0.25) is 0 Å². The summed E-state index contributed by atoms with van der Waals surface area (Å²) in [5, 5.41) is 2.57. The van der Waals surface area contributed by atoms with Crippen molar-refractivity contribution in [3.05, 3.63) is 28.7 Å². The molecule has 1 saturated carbocycles. The van der Waals surface area contributed by atoms with Crippen LogP contribution in [0.3, 0.4) is 0 Å². The molecule has 5 nitrogen and oxygen atoms in total. The fourth-order valence-corrected chi connectivity index (χ4v) is 3.09. The Labute approximate surface area is 143 Å². The molecule has 1 aliphatic heterocycles. The van der Waals surface area contributed by atoms with E-state index in [1.54, 1.807) is 24.3 Å². The monoisotopic (exact) mass is 349 g/mol. The molecule has 3 rings (SSSR count). The Morgan fingerprint density at radius 1 is 1.43 bits per heavy atom. The fraction of sp³-hybridized carbons (Fsp3) is 0.312. The zero-order valence-corrected chi connectivity index (χ0v) is 14.1. The number of amides is 1. The van der Waals surface area contributed by atoms with E-state index >= 15 is 0 Å². The number of thioether (sulfide) groups is 1. The minimum atomic E-state index is -0.215. The molecule has 7 heteroatoms. The predicted octanol–water partition coefficient (Wildman–Crippen LogP) is 2.89. The van der Waals surface area contributed by atoms with Gasteiger partial charge in [-0.05, 0) is 43.5 Å². The van der Waals surface area contributed by atoms with Crippen LogP contribution in [0.25, 0.3) is 6.08 Å². The van der Waals surface area contributed by atoms with E-state index in [-0.39, 0.29) is 17.8 Å². The lowest BCUT2D eigenvalue weighted by atomic mass is 10.2. The Kier molecular flexibility index (Phi) is 4.68. The molecule has 120 valence electrons. The second-order valence-corrected chi connectivity index (χ2v) is 6.91. The van der Waals surface area contributed by atoms with Gasteiger partial charge in [0.2, 0.25) is 0 Å². The van der Waals surface area contributed by atoms with Gasteiger partial charge in [-0.2, -0.15) is 0 Å². The molecule has 1 N–H and O–H groups in total. The first-order valence-corrected chi connectivity index (χ1v) is 8.52. The number of carbonyl (C=O) groups is 2. The summed E-state index contributed by atoms with van der Waals surface area (Å²) in [6, 6.07) is 5.22. The number of hydrogen-bond acceptors (Lipinski definition) is 6. The molecule has 1 amide bonds. The Morgan fingerprint density at radius 2 is 2.22 bits per heavy atom. The Balaban J connectivity index is 1.83. The third-order valence-electron chi connectivity index (χ3n) is 3.33. The molecular formula is C16H15NO4S2. The van der Waals surface area contributed by atoms with Gasteiger partial charge in [-0.1, -0.05) is 30.0 Å². The van der Waals surface area contributed by atoms with Crippen molar-refractivity contribution >= 4 is 46.3 Å². The largest absolute Gasteiger partial charge is 0.490 e. The number of carbonyl (C=O) groups excluding carboxylic acids is 2. The zero-order valence-electron chi connectivity index (χ0n) is 12.5. The first-order valence-electron chi connectivity index (χ1n) is 7.30. The van der Waals surface area contributed by atoms with Crippen molar-refractivity contribution in [2.45, 2.75) is 19.8 Å². The maximum atomic E-state index is 11.8. The summed E-state index contributed by atoms with van der Waals surface area (Å²) < 4.78 is 11.4. The number of rotatable bonds is 5. The van der Waals surface area contributed by atoms with E-state index in [0.717, 1.165) is 18.4 Å². The molecule has 0 atom stereocenters. The molecule has 0 spiro atoms. The summed E-state index contributed by atoms with van der Waals surface area (Å²) in [5.41, 5.74) is 0.780. The normalized spacial score (nSPS) is 18.9. The summed E-state index contributed by atoms with van der Waals surface area (Å²) in [6.07, 6.45) is 3.51. The summed E-state index contributed by atoms with van der Waals surface area (Å²) in [7, 11) is 0. The third kappa shape index (κ3) is 3.92. The van der Waals surface area contributed by atoms with Crippen molar-refractivity contribution in [2.75, 3.05) is 6.61 Å². The van der Waals surface area contributed by atoms with E-state index in [9.17, 15) is 9.59 Å². The van der Waals surface area contributed by atoms with Gasteiger partial charge in [-0.3, -0.25) is 9.59 Å². The lowest BCUT2D eigenvalue weighted by Gasteiger charge is -2.11. The average molecular weight is 349 g/mol. The summed E-state index contributed by atoms with van der Waals surface area (Å²) >= 11 is 6.18. The number of hydrogen-bond donors (Lipinski definition) is 1. The fourth-order valence-electron chi connectivity index (χ4n) is 2.05. The van der Waals surface area contributed by atoms with Crippen molar-refractivity contribution < 1.29 is 19.1 Å². The quantitative estimate of drug-likeness (QED) is 0.382. The van der Waals surface area contributed by atoms with Crippen molar-refractivity contribution in [2.24, 2.45) is 5.92 Å². The highest BCUT2D eigenvalue weighted by Gasteiger charge is 2.32. The Hall–Kier alpha value is -1.86. The van der Waals surface area contributed by atoms with Crippen LogP contribution in [0.4, 0.5) is 0 Å². The molecule has 0 radical (unpaired) electrons. The SMILES string of the molecule is CCOc1cc(C=C2SC(=S)NC2=O)ccc1OC(=O)C1CC1.